The Morgan fingerprint density at radius 2 is 1.31 bits per heavy atom. The van der Waals surface area contributed by atoms with Gasteiger partial charge in [-0.2, -0.15) is 0 Å². The van der Waals surface area contributed by atoms with Crippen molar-refractivity contribution in [1.82, 2.24) is 0 Å². The number of hydrogen-bond acceptors (Lipinski definition) is 1. The van der Waals surface area contributed by atoms with Crippen molar-refractivity contribution in [3.8, 4) is 5.75 Å². The molecule has 0 aromatic heterocycles. The second-order valence-corrected chi connectivity index (χ2v) is 9.80. The van der Waals surface area contributed by atoms with E-state index in [1.165, 1.54) is 0 Å². The zero-order valence-electron chi connectivity index (χ0n) is 16.5. The van der Waals surface area contributed by atoms with E-state index in [0.29, 0.717) is 14.6 Å². The van der Waals surface area contributed by atoms with E-state index in [-0.39, 0.29) is 30.2 Å². The van der Waals surface area contributed by atoms with Crippen LogP contribution in [0.5, 0.6) is 5.75 Å². The Labute approximate surface area is 196 Å². The van der Waals surface area contributed by atoms with Gasteiger partial charge in [0.1, 0.15) is 0 Å². The van der Waals surface area contributed by atoms with Gasteiger partial charge in [0.25, 0.3) is 0 Å². The third-order valence-corrected chi connectivity index (χ3v) is 6.65. The Balaban J connectivity index is 0.00000210. The number of hydrogen-bond donors (Lipinski definition) is 0. The van der Waals surface area contributed by atoms with Gasteiger partial charge in [-0.15, -0.1) is 24.8 Å². The van der Waals surface area contributed by atoms with Crippen LogP contribution in [0.3, 0.4) is 0 Å². The summed E-state index contributed by atoms with van der Waals surface area (Å²) in [5, 5.41) is 0.560. The van der Waals surface area contributed by atoms with Crippen molar-refractivity contribution in [3.63, 3.8) is 0 Å². The Morgan fingerprint density at radius 1 is 0.828 bits per heavy atom. The third kappa shape index (κ3) is 6.95. The van der Waals surface area contributed by atoms with Crippen LogP contribution >= 0.6 is 36.4 Å². The van der Waals surface area contributed by atoms with Crippen molar-refractivity contribution in [2.24, 2.45) is 0 Å². The monoisotopic (exact) mass is 488 g/mol. The summed E-state index contributed by atoms with van der Waals surface area (Å²) in [6.45, 7) is 6.29. The molecule has 3 aromatic rings. The van der Waals surface area contributed by atoms with Gasteiger partial charge < -0.3 is 0 Å². The van der Waals surface area contributed by atoms with Gasteiger partial charge in [-0.3, -0.25) is 0 Å². The molecule has 0 bridgehead atoms. The fraction of sp³-hybridized carbons (Fsp3) is 0.174. The van der Waals surface area contributed by atoms with Gasteiger partial charge in [0, 0.05) is 0 Å². The summed E-state index contributed by atoms with van der Waals surface area (Å²) in [5.74, 6) is 0.495. The first kappa shape index (κ1) is 25.9. The number of rotatable bonds is 4. The van der Waals surface area contributed by atoms with Crippen molar-refractivity contribution in [3.05, 3.63) is 101 Å². The topological polar surface area (TPSA) is 9.23 Å². The standard InChI is InChI=1S/C13H10.C10H13ClO.2ClH.FH.Ti/c1-3-7-12(8-4-1)11-13-9-5-2-6-10-13;1-10(2,3)7-4-8(11)6-9(12)5-7;;;;/h1-10H;4-6,12H,1-3H3;3*1H;/q;;;;;+2/p-2. The van der Waals surface area contributed by atoms with Crippen LogP contribution in [0.4, 0.5) is 3.09 Å². The van der Waals surface area contributed by atoms with Crippen molar-refractivity contribution < 1.29 is 24.7 Å². The minimum absolute atomic E-state index is 0. The van der Waals surface area contributed by atoms with E-state index in [2.05, 4.69) is 20.8 Å². The number of benzene rings is 3. The Morgan fingerprint density at radius 3 is 1.76 bits per heavy atom. The maximum absolute atomic E-state index is 15.5. The molecule has 0 atom stereocenters. The molecule has 0 saturated carbocycles. The molecule has 0 fully saturated rings. The molecule has 0 saturated heterocycles. The molecular formula is C23H24Cl3FOTi. The first-order chi connectivity index (χ1) is 12.8. The van der Waals surface area contributed by atoms with E-state index in [1.807, 2.05) is 72.8 Å². The molecule has 0 N–H and O–H groups in total. The molecule has 0 heterocycles. The molecule has 0 aliphatic carbocycles. The fourth-order valence-corrected chi connectivity index (χ4v) is 4.93. The Kier molecular flexibility index (Phi) is 10.1. The molecule has 0 aliphatic rings. The maximum Gasteiger partial charge on any atom is -0.147 e. The van der Waals surface area contributed by atoms with Crippen LogP contribution in [0.2, 0.25) is 5.02 Å². The zero-order valence-corrected chi connectivity index (χ0v) is 20.4. The minimum Gasteiger partial charge on any atom is -0.147 e. The summed E-state index contributed by atoms with van der Waals surface area (Å²) in [6.07, 6.45) is 0. The minimum atomic E-state index is -3.56. The van der Waals surface area contributed by atoms with Crippen LogP contribution in [0, 0.1) is 0 Å². The molecule has 0 spiro atoms. The van der Waals surface area contributed by atoms with Gasteiger partial charge >= 0.3 is 173 Å². The van der Waals surface area contributed by atoms with Gasteiger partial charge in [0.2, 0.25) is 0 Å². The van der Waals surface area contributed by atoms with Crippen LogP contribution < -0.4 is 3.32 Å². The van der Waals surface area contributed by atoms with Crippen LogP contribution in [-0.2, 0) is 23.7 Å². The van der Waals surface area contributed by atoms with Crippen LogP contribution in [-0.4, -0.2) is 3.81 Å². The SMILES string of the molecule is CC(C)(C)c1cc(Cl)cc([O][Ti]([F])=[C](c2ccccc2)c2ccccc2)c1.Cl.Cl. The predicted molar refractivity (Wildman–Crippen MR) is 122 cm³/mol. The van der Waals surface area contributed by atoms with Gasteiger partial charge in [-0.05, 0) is 0 Å². The van der Waals surface area contributed by atoms with Crippen molar-refractivity contribution >= 4 is 40.2 Å². The predicted octanol–water partition coefficient (Wildman–Crippen LogP) is 7.55. The molecule has 154 valence electrons. The van der Waals surface area contributed by atoms with Gasteiger partial charge in [-0.1, -0.05) is 0 Å². The average molecular weight is 490 g/mol. The summed E-state index contributed by atoms with van der Waals surface area (Å²) in [4.78, 5) is 0. The smallest absolute Gasteiger partial charge is 0.147 e. The third-order valence-electron chi connectivity index (χ3n) is 4.27. The Bertz CT molecular complexity index is 913. The van der Waals surface area contributed by atoms with E-state index < -0.39 is 18.3 Å². The summed E-state index contributed by atoms with van der Waals surface area (Å²) < 4.78 is 22.1. The summed E-state index contributed by atoms with van der Waals surface area (Å²) >= 11 is 2.71. The van der Waals surface area contributed by atoms with E-state index in [4.69, 9.17) is 14.9 Å². The fourth-order valence-electron chi connectivity index (χ4n) is 2.81. The Hall–Kier alpha value is -1.16. The summed E-state index contributed by atoms with van der Waals surface area (Å²) in [6, 6.07) is 24.7. The second kappa shape index (κ2) is 11.3. The first-order valence-electron chi connectivity index (χ1n) is 8.84. The number of halogens is 4. The van der Waals surface area contributed by atoms with Crippen LogP contribution in [0.1, 0.15) is 37.5 Å². The molecule has 0 amide bonds. The molecule has 1 nitrogen and oxygen atoms in total. The maximum atomic E-state index is 15.5. The van der Waals surface area contributed by atoms with E-state index in [0.717, 1.165) is 16.7 Å². The van der Waals surface area contributed by atoms with Crippen LogP contribution in [0.25, 0.3) is 0 Å². The first-order valence-corrected chi connectivity index (χ1v) is 11.2. The van der Waals surface area contributed by atoms with Gasteiger partial charge in [-0.25, -0.2) is 0 Å². The van der Waals surface area contributed by atoms with Gasteiger partial charge in [0.15, 0.2) is 0 Å². The second-order valence-electron chi connectivity index (χ2n) is 7.41. The van der Waals surface area contributed by atoms with Crippen molar-refractivity contribution in [2.75, 3.05) is 0 Å². The van der Waals surface area contributed by atoms with Gasteiger partial charge in [0.05, 0.1) is 0 Å². The summed E-state index contributed by atoms with van der Waals surface area (Å²) in [7, 11) is 0. The average Bonchev–Trinajstić information content (AvgIpc) is 2.62. The molecular weight excluding hydrogens is 465 g/mol. The molecule has 29 heavy (non-hydrogen) atoms. The molecule has 3 rings (SSSR count). The normalized spacial score (nSPS) is 10.4. The quantitative estimate of drug-likeness (QED) is 0.344. The molecule has 0 unspecified atom stereocenters. The van der Waals surface area contributed by atoms with E-state index in [1.54, 1.807) is 6.07 Å². The van der Waals surface area contributed by atoms with Crippen LogP contribution in [0.15, 0.2) is 78.9 Å². The van der Waals surface area contributed by atoms with E-state index in [9.17, 15) is 0 Å². The molecule has 0 radical (unpaired) electrons. The van der Waals surface area contributed by atoms with Crippen molar-refractivity contribution in [1.29, 1.82) is 0 Å². The van der Waals surface area contributed by atoms with Crippen molar-refractivity contribution in [2.45, 2.75) is 26.2 Å². The van der Waals surface area contributed by atoms with E-state index >= 15 is 3.09 Å². The molecule has 0 aliphatic heterocycles. The zero-order chi connectivity index (χ0) is 19.4. The largest absolute Gasteiger partial charge is 0.147 e. The molecule has 3 aromatic carbocycles. The summed E-state index contributed by atoms with van der Waals surface area (Å²) in [5.41, 5.74) is 2.65. The molecule has 6 heteroatoms.